The highest BCUT2D eigenvalue weighted by Crippen LogP contribution is 2.21. The van der Waals surface area contributed by atoms with Crippen LogP contribution in [0.15, 0.2) is 39.8 Å². The molecule has 1 aromatic carbocycles. The van der Waals surface area contributed by atoms with Gasteiger partial charge < -0.3 is 10.3 Å². The third-order valence-corrected chi connectivity index (χ3v) is 3.13. The largest absolute Gasteiger partial charge is 0.381 e. The van der Waals surface area contributed by atoms with Gasteiger partial charge in [-0.1, -0.05) is 37.6 Å². The van der Waals surface area contributed by atoms with Crippen molar-refractivity contribution in [2.45, 2.75) is 44.4 Å². The number of nitrogens with two attached hydrogens (primary N) is 1. The van der Waals surface area contributed by atoms with Crippen LogP contribution in [0.3, 0.4) is 0 Å². The Morgan fingerprint density at radius 2 is 1.95 bits per heavy atom. The van der Waals surface area contributed by atoms with Crippen LogP contribution in [-0.2, 0) is 0 Å². The lowest BCUT2D eigenvalue weighted by atomic mass is 9.97. The second-order valence-electron chi connectivity index (χ2n) is 4.64. The van der Waals surface area contributed by atoms with Gasteiger partial charge in [-0.25, -0.2) is 0 Å². The van der Waals surface area contributed by atoms with Gasteiger partial charge in [-0.3, -0.25) is 0 Å². The zero-order valence-corrected chi connectivity index (χ0v) is 12.7. The molecule has 0 fully saturated rings. The predicted octanol–water partition coefficient (Wildman–Crippen LogP) is 4.44. The monoisotopic (exact) mass is 278 g/mol. The summed E-state index contributed by atoms with van der Waals surface area (Å²) in [7, 11) is 0. The van der Waals surface area contributed by atoms with E-state index in [0.717, 1.165) is 10.7 Å². The number of aromatic nitrogens is 1. The first-order valence-electron chi connectivity index (χ1n) is 6.50. The highest BCUT2D eigenvalue weighted by Gasteiger charge is 2.02. The molecular formula is C15H22N2OS. The van der Waals surface area contributed by atoms with E-state index in [4.69, 9.17) is 5.73 Å². The number of hydrogen-bond acceptors (Lipinski definition) is 4. The van der Waals surface area contributed by atoms with Crippen molar-refractivity contribution in [3.05, 3.63) is 41.7 Å². The first-order chi connectivity index (χ1) is 9.02. The molecule has 104 valence electrons. The number of nitrogen functional groups attached to an aromatic ring is 1. The Morgan fingerprint density at radius 3 is 2.32 bits per heavy atom. The van der Waals surface area contributed by atoms with Crippen LogP contribution < -0.4 is 5.73 Å². The second-order valence-corrected chi connectivity index (χ2v) is 5.16. The van der Waals surface area contributed by atoms with Gasteiger partial charge in [0.2, 0.25) is 0 Å². The summed E-state index contributed by atoms with van der Waals surface area (Å²) in [5.74, 6) is 1.87. The summed E-state index contributed by atoms with van der Waals surface area (Å²) in [5, 5.41) is 3.42. The summed E-state index contributed by atoms with van der Waals surface area (Å²) in [4.78, 5) is 1.04. The summed E-state index contributed by atoms with van der Waals surface area (Å²) < 4.78 is 4.59. The average Bonchev–Trinajstić information content (AvgIpc) is 2.75. The topological polar surface area (TPSA) is 52.0 Å². The molecule has 0 saturated carbocycles. The Hall–Kier alpha value is -1.42. The highest BCUT2D eigenvalue weighted by molar-refractivity contribution is 7.80. The fourth-order valence-corrected chi connectivity index (χ4v) is 1.94. The van der Waals surface area contributed by atoms with Gasteiger partial charge in [0.1, 0.15) is 5.76 Å². The SMILES string of the molecule is CCCC(C)c1ccc(S)cc1.Cc1cc(N)no1. The Labute approximate surface area is 120 Å². The summed E-state index contributed by atoms with van der Waals surface area (Å²) >= 11 is 4.25. The number of nitrogens with zero attached hydrogens (tertiary/aromatic N) is 1. The number of hydrogen-bond donors (Lipinski definition) is 2. The molecule has 1 atom stereocenters. The van der Waals surface area contributed by atoms with E-state index in [1.165, 1.54) is 18.4 Å². The normalized spacial score (nSPS) is 11.6. The van der Waals surface area contributed by atoms with Crippen LogP contribution in [0.2, 0.25) is 0 Å². The molecule has 0 amide bonds. The molecule has 0 bridgehead atoms. The molecule has 0 aliphatic heterocycles. The van der Waals surface area contributed by atoms with Crippen molar-refractivity contribution < 1.29 is 4.52 Å². The van der Waals surface area contributed by atoms with Crippen LogP contribution in [0, 0.1) is 6.92 Å². The minimum atomic E-state index is 0.442. The molecule has 19 heavy (non-hydrogen) atoms. The fourth-order valence-electron chi connectivity index (χ4n) is 1.79. The van der Waals surface area contributed by atoms with Crippen LogP contribution in [-0.4, -0.2) is 5.16 Å². The quantitative estimate of drug-likeness (QED) is 0.816. The van der Waals surface area contributed by atoms with Gasteiger partial charge >= 0.3 is 0 Å². The van der Waals surface area contributed by atoms with Gasteiger partial charge in [-0.05, 0) is 37.0 Å². The number of thiol groups is 1. The first-order valence-corrected chi connectivity index (χ1v) is 6.95. The lowest BCUT2D eigenvalue weighted by molar-refractivity contribution is 0.400. The zero-order chi connectivity index (χ0) is 14.3. The first kappa shape index (κ1) is 15.6. The zero-order valence-electron chi connectivity index (χ0n) is 11.8. The summed E-state index contributed by atoms with van der Waals surface area (Å²) in [6, 6.07) is 10.1. The average molecular weight is 278 g/mol. The molecule has 0 saturated heterocycles. The van der Waals surface area contributed by atoms with E-state index >= 15 is 0 Å². The van der Waals surface area contributed by atoms with Gasteiger partial charge in [0, 0.05) is 11.0 Å². The maximum absolute atomic E-state index is 5.17. The summed E-state index contributed by atoms with van der Waals surface area (Å²) in [6.45, 7) is 6.30. The van der Waals surface area contributed by atoms with E-state index in [1.807, 2.05) is 0 Å². The predicted molar refractivity (Wildman–Crippen MR) is 82.7 cm³/mol. The van der Waals surface area contributed by atoms with Crippen LogP contribution in [0.4, 0.5) is 5.82 Å². The van der Waals surface area contributed by atoms with Crippen molar-refractivity contribution in [3.63, 3.8) is 0 Å². The van der Waals surface area contributed by atoms with E-state index in [0.29, 0.717) is 11.7 Å². The minimum absolute atomic E-state index is 0.442. The fraction of sp³-hybridized carbons (Fsp3) is 0.400. The van der Waals surface area contributed by atoms with Gasteiger partial charge in [-0.15, -0.1) is 12.6 Å². The van der Waals surface area contributed by atoms with Gasteiger partial charge in [0.15, 0.2) is 5.82 Å². The molecule has 3 nitrogen and oxygen atoms in total. The number of aryl methyl sites for hydroxylation is 1. The Kier molecular flexibility index (Phi) is 6.50. The van der Waals surface area contributed by atoms with Crippen molar-refractivity contribution in [1.29, 1.82) is 0 Å². The summed E-state index contributed by atoms with van der Waals surface area (Å²) in [6.07, 6.45) is 2.52. The molecule has 2 aromatic rings. The Balaban J connectivity index is 0.000000218. The van der Waals surface area contributed by atoms with Gasteiger partial charge in [-0.2, -0.15) is 0 Å². The van der Waals surface area contributed by atoms with E-state index in [2.05, 4.69) is 60.4 Å². The molecule has 0 aliphatic rings. The maximum atomic E-state index is 5.17. The van der Waals surface area contributed by atoms with Crippen LogP contribution in [0.25, 0.3) is 0 Å². The van der Waals surface area contributed by atoms with E-state index < -0.39 is 0 Å². The van der Waals surface area contributed by atoms with E-state index in [-0.39, 0.29) is 0 Å². The molecule has 1 unspecified atom stereocenters. The lowest BCUT2D eigenvalue weighted by Crippen LogP contribution is -1.91. The molecule has 2 N–H and O–H groups in total. The van der Waals surface area contributed by atoms with Crippen LogP contribution in [0.5, 0.6) is 0 Å². The second kappa shape index (κ2) is 7.89. The third kappa shape index (κ3) is 5.83. The number of anilines is 1. The standard InChI is InChI=1S/C11H16S.C4H6N2O/c1-3-4-9(2)10-5-7-11(12)8-6-10;1-3-2-4(5)6-7-3/h5-9,12H,3-4H2,1-2H3;2H,1H3,(H2,5,6). The Morgan fingerprint density at radius 1 is 1.32 bits per heavy atom. The number of rotatable bonds is 3. The maximum Gasteiger partial charge on any atom is 0.167 e. The van der Waals surface area contributed by atoms with E-state index in [1.54, 1.807) is 13.0 Å². The van der Waals surface area contributed by atoms with E-state index in [9.17, 15) is 0 Å². The van der Waals surface area contributed by atoms with Gasteiger partial charge in [0.05, 0.1) is 0 Å². The van der Waals surface area contributed by atoms with Crippen LogP contribution in [0.1, 0.15) is 43.9 Å². The number of benzene rings is 1. The summed E-state index contributed by atoms with van der Waals surface area (Å²) in [5.41, 5.74) is 6.60. The minimum Gasteiger partial charge on any atom is -0.381 e. The van der Waals surface area contributed by atoms with Crippen LogP contribution >= 0.6 is 12.6 Å². The molecule has 4 heteroatoms. The molecule has 1 aromatic heterocycles. The molecule has 1 heterocycles. The van der Waals surface area contributed by atoms with Crippen molar-refractivity contribution in [3.8, 4) is 0 Å². The molecule has 0 radical (unpaired) electrons. The molecule has 2 rings (SSSR count). The Bertz CT molecular complexity index is 463. The van der Waals surface area contributed by atoms with Gasteiger partial charge in [0.25, 0.3) is 0 Å². The molecular weight excluding hydrogens is 256 g/mol. The van der Waals surface area contributed by atoms with Crippen molar-refractivity contribution in [1.82, 2.24) is 5.16 Å². The molecule has 0 aliphatic carbocycles. The van der Waals surface area contributed by atoms with Crippen molar-refractivity contribution in [2.75, 3.05) is 5.73 Å². The lowest BCUT2D eigenvalue weighted by Gasteiger charge is -2.09. The third-order valence-electron chi connectivity index (χ3n) is 2.83. The smallest absolute Gasteiger partial charge is 0.167 e. The molecule has 0 spiro atoms. The van der Waals surface area contributed by atoms with Crippen molar-refractivity contribution in [2.24, 2.45) is 0 Å². The van der Waals surface area contributed by atoms with Crippen molar-refractivity contribution >= 4 is 18.4 Å². The highest BCUT2D eigenvalue weighted by atomic mass is 32.1.